The highest BCUT2D eigenvalue weighted by Gasteiger charge is 2.36. The molecule has 2 saturated carbocycles. The van der Waals surface area contributed by atoms with E-state index >= 15 is 0 Å². The number of hydrogen-bond acceptors (Lipinski definition) is 6. The molecule has 2 fully saturated rings. The van der Waals surface area contributed by atoms with Crippen LogP contribution in [-0.2, 0) is 9.53 Å². The van der Waals surface area contributed by atoms with Crippen LogP contribution in [0, 0.1) is 5.92 Å². The molecule has 7 nitrogen and oxygen atoms in total. The molecule has 6 rings (SSSR count). The Morgan fingerprint density at radius 3 is 2.63 bits per heavy atom. The zero-order valence-electron chi connectivity index (χ0n) is 18.7. The van der Waals surface area contributed by atoms with Crippen molar-refractivity contribution in [1.29, 1.82) is 0 Å². The van der Waals surface area contributed by atoms with Crippen LogP contribution in [-0.4, -0.2) is 38.6 Å². The molecule has 0 atom stereocenters. The van der Waals surface area contributed by atoms with Crippen LogP contribution < -0.4 is 5.32 Å². The fraction of sp³-hybridized carbons (Fsp3) is 0.360. The summed E-state index contributed by atoms with van der Waals surface area (Å²) >= 11 is 1.42. The van der Waals surface area contributed by atoms with Gasteiger partial charge in [-0.2, -0.15) is 0 Å². The molecule has 2 aliphatic carbocycles. The number of alkyl halides is 2. The van der Waals surface area contributed by atoms with Gasteiger partial charge in [-0.3, -0.25) is 14.3 Å². The summed E-state index contributed by atoms with van der Waals surface area (Å²) < 4.78 is 34.6. The normalized spacial score (nSPS) is 18.1. The lowest BCUT2D eigenvalue weighted by Gasteiger charge is -2.27. The third kappa shape index (κ3) is 4.50. The number of hydrogen-bond donors (Lipinski definition) is 1. The van der Waals surface area contributed by atoms with Gasteiger partial charge < -0.3 is 10.1 Å². The molecule has 0 spiro atoms. The number of benzene rings is 1. The maximum absolute atomic E-state index is 13.4. The highest BCUT2D eigenvalue weighted by Crippen LogP contribution is 2.36. The van der Waals surface area contributed by atoms with Crippen LogP contribution in [0.5, 0.6) is 0 Å². The highest BCUT2D eigenvalue weighted by atomic mass is 32.1. The topological polar surface area (TPSA) is 86.1 Å². The van der Waals surface area contributed by atoms with Gasteiger partial charge in [-0.25, -0.2) is 18.6 Å². The molecule has 0 saturated heterocycles. The Morgan fingerprint density at radius 2 is 1.86 bits per heavy atom. The number of fused-ring (bicyclic) bond motifs is 2. The summed E-state index contributed by atoms with van der Waals surface area (Å²) in [5, 5.41) is 3.47. The lowest BCUT2D eigenvalue weighted by Crippen LogP contribution is -2.31. The number of carbonyl (C=O) groups is 2. The average Bonchev–Trinajstić information content (AvgIpc) is 3.48. The first-order chi connectivity index (χ1) is 16.8. The van der Waals surface area contributed by atoms with Gasteiger partial charge in [0.1, 0.15) is 6.10 Å². The number of ether oxygens (including phenoxy) is 1. The van der Waals surface area contributed by atoms with Gasteiger partial charge in [0.15, 0.2) is 5.13 Å². The molecule has 180 valence electrons. The Bertz CT molecular complexity index is 1450. The minimum Gasteiger partial charge on any atom is -0.446 e. The fourth-order valence-corrected chi connectivity index (χ4v) is 5.28. The molecule has 2 aliphatic rings. The van der Waals surface area contributed by atoms with Gasteiger partial charge in [0, 0.05) is 36.7 Å². The van der Waals surface area contributed by atoms with Crippen LogP contribution in [0.15, 0.2) is 42.7 Å². The van der Waals surface area contributed by atoms with E-state index in [1.807, 2.05) is 24.3 Å². The van der Waals surface area contributed by atoms with E-state index in [0.717, 1.165) is 34.2 Å². The van der Waals surface area contributed by atoms with Crippen molar-refractivity contribution in [2.45, 2.75) is 50.6 Å². The molecule has 10 heteroatoms. The third-order valence-corrected chi connectivity index (χ3v) is 7.50. The quantitative estimate of drug-likeness (QED) is 0.362. The standard InChI is InChI=1S/C25H22F2N4O3S/c26-25(27)8-5-17(6-9-25)34-24(33)31-10-7-18-20(31)11-16(13-28-18)15-3-4-19-21(12-15)35-23(29-19)30-22(32)14-1-2-14/h3-4,7,10-14,17H,1-2,5-6,8-9H2,(H,29,30,32). The number of pyridine rings is 1. The number of nitrogens with one attached hydrogen (secondary N) is 1. The summed E-state index contributed by atoms with van der Waals surface area (Å²) in [5.74, 6) is -2.55. The summed E-state index contributed by atoms with van der Waals surface area (Å²) in [6.07, 6.45) is 3.84. The molecule has 1 N–H and O–H groups in total. The van der Waals surface area contributed by atoms with Crippen LogP contribution in [0.4, 0.5) is 18.7 Å². The van der Waals surface area contributed by atoms with E-state index in [4.69, 9.17) is 4.74 Å². The number of thiazole rings is 1. The van der Waals surface area contributed by atoms with E-state index in [1.165, 1.54) is 15.9 Å². The van der Waals surface area contributed by atoms with Gasteiger partial charge in [0.2, 0.25) is 11.8 Å². The van der Waals surface area contributed by atoms with Crippen molar-refractivity contribution in [3.63, 3.8) is 0 Å². The summed E-state index contributed by atoms with van der Waals surface area (Å²) in [6, 6.07) is 9.37. The first-order valence-corrected chi connectivity index (χ1v) is 12.4. The Balaban J connectivity index is 1.24. The molecule has 3 heterocycles. The largest absolute Gasteiger partial charge is 0.446 e. The van der Waals surface area contributed by atoms with E-state index in [-0.39, 0.29) is 37.5 Å². The molecular weight excluding hydrogens is 474 g/mol. The van der Waals surface area contributed by atoms with E-state index in [9.17, 15) is 18.4 Å². The zero-order chi connectivity index (χ0) is 24.2. The van der Waals surface area contributed by atoms with E-state index in [0.29, 0.717) is 16.2 Å². The molecule has 0 unspecified atom stereocenters. The van der Waals surface area contributed by atoms with E-state index in [2.05, 4.69) is 15.3 Å². The van der Waals surface area contributed by atoms with Gasteiger partial charge in [-0.1, -0.05) is 17.4 Å². The Labute approximate surface area is 203 Å². The van der Waals surface area contributed by atoms with Gasteiger partial charge in [0.05, 0.1) is 21.3 Å². The second-order valence-electron chi connectivity index (χ2n) is 9.22. The summed E-state index contributed by atoms with van der Waals surface area (Å²) in [7, 11) is 0. The molecule has 0 bridgehead atoms. The average molecular weight is 497 g/mol. The van der Waals surface area contributed by atoms with Crippen molar-refractivity contribution in [3.05, 3.63) is 42.7 Å². The molecule has 1 aromatic carbocycles. The SMILES string of the molecule is O=C(Nc1nc2ccc(-c3cnc4ccn(C(=O)OC5CCC(F)(F)CC5)c4c3)cc2s1)C1CC1. The Morgan fingerprint density at radius 1 is 1.06 bits per heavy atom. The fourth-order valence-electron chi connectivity index (χ4n) is 4.37. The smallest absolute Gasteiger partial charge is 0.418 e. The third-order valence-electron chi connectivity index (χ3n) is 6.57. The molecule has 35 heavy (non-hydrogen) atoms. The van der Waals surface area contributed by atoms with Crippen molar-refractivity contribution in [2.24, 2.45) is 5.92 Å². The lowest BCUT2D eigenvalue weighted by atomic mass is 9.94. The first kappa shape index (κ1) is 22.1. The summed E-state index contributed by atoms with van der Waals surface area (Å²) in [4.78, 5) is 33.8. The Kier molecular flexibility index (Phi) is 5.28. The van der Waals surface area contributed by atoms with Crippen LogP contribution in [0.2, 0.25) is 0 Å². The number of amides is 1. The predicted molar refractivity (Wildman–Crippen MR) is 129 cm³/mol. The van der Waals surface area contributed by atoms with Gasteiger partial charge >= 0.3 is 6.09 Å². The van der Waals surface area contributed by atoms with E-state index in [1.54, 1.807) is 18.5 Å². The van der Waals surface area contributed by atoms with E-state index < -0.39 is 18.1 Å². The summed E-state index contributed by atoms with van der Waals surface area (Å²) in [5.41, 5.74) is 3.71. The van der Waals surface area contributed by atoms with Gasteiger partial charge in [0.25, 0.3) is 0 Å². The monoisotopic (exact) mass is 496 g/mol. The lowest BCUT2D eigenvalue weighted by molar-refractivity contribution is -0.117. The molecule has 1 amide bonds. The minimum absolute atomic E-state index is 0.0218. The van der Waals surface area contributed by atoms with Crippen molar-refractivity contribution < 1.29 is 23.1 Å². The minimum atomic E-state index is -2.68. The van der Waals surface area contributed by atoms with Crippen LogP contribution in [0.1, 0.15) is 38.5 Å². The second kappa shape index (κ2) is 8.37. The predicted octanol–water partition coefficient (Wildman–Crippen LogP) is 6.22. The zero-order valence-corrected chi connectivity index (χ0v) is 19.5. The van der Waals surface area contributed by atoms with Crippen molar-refractivity contribution >= 4 is 49.7 Å². The van der Waals surface area contributed by atoms with Gasteiger partial charge in [-0.15, -0.1) is 0 Å². The molecule has 0 radical (unpaired) electrons. The Hall–Kier alpha value is -3.40. The van der Waals surface area contributed by atoms with Crippen molar-refractivity contribution in [2.75, 3.05) is 5.32 Å². The number of aromatic nitrogens is 3. The van der Waals surface area contributed by atoms with Crippen molar-refractivity contribution in [3.8, 4) is 11.1 Å². The highest BCUT2D eigenvalue weighted by molar-refractivity contribution is 7.22. The molecule has 4 aromatic rings. The number of anilines is 1. The number of rotatable bonds is 4. The van der Waals surface area contributed by atoms with Crippen LogP contribution in [0.25, 0.3) is 32.4 Å². The van der Waals surface area contributed by atoms with Crippen LogP contribution >= 0.6 is 11.3 Å². The number of carbonyl (C=O) groups excluding carboxylic acids is 2. The van der Waals surface area contributed by atoms with Crippen LogP contribution in [0.3, 0.4) is 0 Å². The number of halogens is 2. The van der Waals surface area contributed by atoms with Crippen molar-refractivity contribution in [1.82, 2.24) is 14.5 Å². The second-order valence-corrected chi connectivity index (χ2v) is 10.2. The first-order valence-electron chi connectivity index (χ1n) is 11.6. The maximum atomic E-state index is 13.4. The molecule has 3 aromatic heterocycles. The molecular formula is C25H22F2N4O3S. The maximum Gasteiger partial charge on any atom is 0.418 e. The summed E-state index contributed by atoms with van der Waals surface area (Å²) in [6.45, 7) is 0. The van der Waals surface area contributed by atoms with Gasteiger partial charge in [-0.05, 0) is 55.5 Å². The number of nitrogens with zero attached hydrogens (tertiary/aromatic N) is 3. The molecule has 0 aliphatic heterocycles.